The zero-order valence-electron chi connectivity index (χ0n) is 11.0. The van der Waals surface area contributed by atoms with Gasteiger partial charge >= 0.3 is 0 Å². The maximum absolute atomic E-state index is 11.8. The fourth-order valence-corrected chi connectivity index (χ4v) is 2.77. The topological polar surface area (TPSA) is 32.7 Å². The molecular formula is C14H17BrN2OS. The molecule has 2 rings (SSSR count). The normalized spacial score (nSPS) is 16.2. The van der Waals surface area contributed by atoms with Crippen LogP contribution in [0.3, 0.4) is 0 Å². The summed E-state index contributed by atoms with van der Waals surface area (Å²) in [6, 6.07) is 9.85. The number of hydrogen-bond acceptors (Lipinski definition) is 3. The third-order valence-electron chi connectivity index (χ3n) is 2.74. The average Bonchev–Trinajstić information content (AvgIpc) is 2.74. The van der Waals surface area contributed by atoms with Crippen LogP contribution in [0.4, 0.5) is 0 Å². The number of carbonyl (C=O) groups excluding carboxylic acids is 1. The van der Waals surface area contributed by atoms with Crippen molar-refractivity contribution in [3.8, 4) is 0 Å². The van der Waals surface area contributed by atoms with Gasteiger partial charge in [-0.05, 0) is 37.2 Å². The molecule has 1 amide bonds. The number of amides is 1. The van der Waals surface area contributed by atoms with Gasteiger partial charge in [0.2, 0.25) is 0 Å². The van der Waals surface area contributed by atoms with E-state index in [-0.39, 0.29) is 22.9 Å². The van der Waals surface area contributed by atoms with E-state index < -0.39 is 0 Å². The van der Waals surface area contributed by atoms with E-state index in [1.54, 1.807) is 0 Å². The quantitative estimate of drug-likeness (QED) is 0.788. The number of benzene rings is 1. The zero-order valence-corrected chi connectivity index (χ0v) is 13.5. The Balaban J connectivity index is 0.00000180. The number of hydrogen-bond donors (Lipinski definition) is 0. The van der Waals surface area contributed by atoms with Crippen LogP contribution in [0.1, 0.15) is 19.4 Å². The highest BCUT2D eigenvalue weighted by Crippen LogP contribution is 2.29. The average molecular weight is 341 g/mol. The van der Waals surface area contributed by atoms with Crippen molar-refractivity contribution in [3.05, 3.63) is 40.8 Å². The molecule has 0 atom stereocenters. The molecule has 5 heteroatoms. The summed E-state index contributed by atoms with van der Waals surface area (Å²) in [6.45, 7) is 5.87. The van der Waals surface area contributed by atoms with Crippen molar-refractivity contribution in [2.24, 2.45) is 4.99 Å². The van der Waals surface area contributed by atoms with Crippen molar-refractivity contribution in [3.63, 3.8) is 0 Å². The molecule has 1 heterocycles. The van der Waals surface area contributed by atoms with Gasteiger partial charge in [0.25, 0.3) is 5.91 Å². The Hall–Kier alpha value is -1.07. The summed E-state index contributed by atoms with van der Waals surface area (Å²) in [5.74, 6) is -0.134. The van der Waals surface area contributed by atoms with Crippen LogP contribution in [-0.2, 0) is 4.79 Å². The van der Waals surface area contributed by atoms with Gasteiger partial charge in [-0.15, -0.1) is 17.0 Å². The molecule has 0 radical (unpaired) electrons. The maximum Gasteiger partial charge on any atom is 0.286 e. The van der Waals surface area contributed by atoms with Crippen molar-refractivity contribution in [2.75, 3.05) is 13.1 Å². The standard InChI is InChI=1S/C14H16N2OS.BrH/c1-3-16(4-2)14-15-13(17)12(18-14)10-11-8-6-5-7-9-11;/h5-10H,3-4H2,1-2H3;1H. The Morgan fingerprint density at radius 3 is 2.42 bits per heavy atom. The van der Waals surface area contributed by atoms with E-state index >= 15 is 0 Å². The predicted octanol–water partition coefficient (Wildman–Crippen LogP) is 3.58. The molecule has 0 saturated carbocycles. The Morgan fingerprint density at radius 2 is 1.84 bits per heavy atom. The largest absolute Gasteiger partial charge is 0.351 e. The van der Waals surface area contributed by atoms with Gasteiger partial charge in [-0.1, -0.05) is 30.3 Å². The second-order valence-corrected chi connectivity index (χ2v) is 4.90. The van der Waals surface area contributed by atoms with E-state index in [4.69, 9.17) is 0 Å². The van der Waals surface area contributed by atoms with Crippen LogP contribution in [0.2, 0.25) is 0 Å². The lowest BCUT2D eigenvalue weighted by Gasteiger charge is -2.18. The van der Waals surface area contributed by atoms with Crippen LogP contribution < -0.4 is 0 Å². The van der Waals surface area contributed by atoms with Crippen LogP contribution in [-0.4, -0.2) is 29.1 Å². The molecule has 0 N–H and O–H groups in total. The van der Waals surface area contributed by atoms with E-state index in [1.807, 2.05) is 36.4 Å². The summed E-state index contributed by atoms with van der Waals surface area (Å²) >= 11 is 1.46. The smallest absolute Gasteiger partial charge is 0.286 e. The Kier molecular flexibility index (Phi) is 6.31. The van der Waals surface area contributed by atoms with Crippen LogP contribution in [0.25, 0.3) is 6.08 Å². The molecule has 102 valence electrons. The number of thioether (sulfide) groups is 1. The van der Waals surface area contributed by atoms with E-state index in [1.165, 1.54) is 11.8 Å². The number of nitrogens with zero attached hydrogens (tertiary/aromatic N) is 2. The summed E-state index contributed by atoms with van der Waals surface area (Å²) in [5, 5.41) is 0.812. The van der Waals surface area contributed by atoms with Crippen molar-refractivity contribution in [2.45, 2.75) is 13.8 Å². The molecule has 0 bridgehead atoms. The minimum Gasteiger partial charge on any atom is -0.351 e. The number of aliphatic imine (C=N–C) groups is 1. The Bertz CT molecular complexity index is 495. The lowest BCUT2D eigenvalue weighted by Crippen LogP contribution is -2.26. The molecule has 1 aliphatic rings. The second-order valence-electron chi connectivity index (χ2n) is 3.89. The fourth-order valence-electron chi connectivity index (χ4n) is 1.73. The van der Waals surface area contributed by atoms with Gasteiger partial charge in [-0.2, -0.15) is 4.99 Å². The van der Waals surface area contributed by atoms with Crippen LogP contribution in [0.5, 0.6) is 0 Å². The highest BCUT2D eigenvalue weighted by atomic mass is 79.9. The maximum atomic E-state index is 11.8. The molecular weight excluding hydrogens is 324 g/mol. The molecule has 1 aliphatic heterocycles. The number of carbonyl (C=O) groups is 1. The summed E-state index contributed by atoms with van der Waals surface area (Å²) in [6.07, 6.45) is 1.90. The SMILES string of the molecule is Br.CCN(CC)C1=NC(=O)C(=Cc2ccccc2)S1. The van der Waals surface area contributed by atoms with E-state index in [9.17, 15) is 4.79 Å². The lowest BCUT2D eigenvalue weighted by atomic mass is 10.2. The third kappa shape index (κ3) is 3.94. The van der Waals surface area contributed by atoms with Gasteiger partial charge in [0.15, 0.2) is 5.17 Å². The fraction of sp³-hybridized carbons (Fsp3) is 0.286. The van der Waals surface area contributed by atoms with Crippen molar-refractivity contribution in [1.82, 2.24) is 4.90 Å². The summed E-state index contributed by atoms with van der Waals surface area (Å²) < 4.78 is 0. The highest BCUT2D eigenvalue weighted by Gasteiger charge is 2.24. The highest BCUT2D eigenvalue weighted by molar-refractivity contribution is 8.93. The molecule has 0 unspecified atom stereocenters. The van der Waals surface area contributed by atoms with Crippen LogP contribution in [0, 0.1) is 0 Å². The molecule has 3 nitrogen and oxygen atoms in total. The summed E-state index contributed by atoms with van der Waals surface area (Å²) in [4.78, 5) is 18.7. The number of rotatable bonds is 3. The van der Waals surface area contributed by atoms with Gasteiger partial charge in [-0.25, -0.2) is 0 Å². The van der Waals surface area contributed by atoms with Gasteiger partial charge in [-0.3, -0.25) is 4.79 Å². The molecule has 1 aromatic rings. The summed E-state index contributed by atoms with van der Waals surface area (Å²) in [5.41, 5.74) is 1.03. The molecule has 0 fully saturated rings. The third-order valence-corrected chi connectivity index (χ3v) is 3.78. The Labute approximate surface area is 128 Å². The van der Waals surface area contributed by atoms with Gasteiger partial charge < -0.3 is 4.90 Å². The van der Waals surface area contributed by atoms with Gasteiger partial charge in [0.05, 0.1) is 4.91 Å². The first-order valence-corrected chi connectivity index (χ1v) is 6.88. The molecule has 0 spiro atoms. The van der Waals surface area contributed by atoms with Crippen LogP contribution >= 0.6 is 28.7 Å². The molecule has 0 aliphatic carbocycles. The van der Waals surface area contributed by atoms with E-state index in [2.05, 4.69) is 23.7 Å². The Morgan fingerprint density at radius 1 is 1.21 bits per heavy atom. The first-order chi connectivity index (χ1) is 8.74. The first kappa shape index (κ1) is 16.0. The summed E-state index contributed by atoms with van der Waals surface area (Å²) in [7, 11) is 0. The van der Waals surface area contributed by atoms with E-state index in [0.29, 0.717) is 4.91 Å². The molecule has 0 aromatic heterocycles. The number of halogens is 1. The predicted molar refractivity (Wildman–Crippen MR) is 87.7 cm³/mol. The molecule has 19 heavy (non-hydrogen) atoms. The van der Waals surface area contributed by atoms with E-state index in [0.717, 1.165) is 23.8 Å². The zero-order chi connectivity index (χ0) is 13.0. The number of amidine groups is 1. The van der Waals surface area contributed by atoms with Gasteiger partial charge in [0.1, 0.15) is 0 Å². The lowest BCUT2D eigenvalue weighted by molar-refractivity contribution is -0.113. The van der Waals surface area contributed by atoms with Crippen molar-refractivity contribution < 1.29 is 4.79 Å². The van der Waals surface area contributed by atoms with Gasteiger partial charge in [0, 0.05) is 13.1 Å². The molecule has 0 saturated heterocycles. The van der Waals surface area contributed by atoms with Crippen molar-refractivity contribution >= 4 is 45.9 Å². The minimum absolute atomic E-state index is 0. The van der Waals surface area contributed by atoms with Crippen LogP contribution in [0.15, 0.2) is 40.2 Å². The van der Waals surface area contributed by atoms with Crippen molar-refractivity contribution in [1.29, 1.82) is 0 Å². The second kappa shape index (κ2) is 7.50. The first-order valence-electron chi connectivity index (χ1n) is 6.07. The molecule has 1 aromatic carbocycles. The monoisotopic (exact) mass is 340 g/mol. The minimum atomic E-state index is -0.134.